The van der Waals surface area contributed by atoms with Gasteiger partial charge in [0.05, 0.1) is 5.56 Å². The number of benzene rings is 1. The highest BCUT2D eigenvalue weighted by molar-refractivity contribution is 5.96. The second-order valence-corrected chi connectivity index (χ2v) is 6.00. The van der Waals surface area contributed by atoms with Crippen molar-refractivity contribution in [3.05, 3.63) is 58.9 Å². The molecule has 0 unspecified atom stereocenters. The summed E-state index contributed by atoms with van der Waals surface area (Å²) in [4.78, 5) is 31.5. The number of nitrogens with one attached hydrogen (secondary N) is 1. The topological polar surface area (TPSA) is 56.4 Å². The van der Waals surface area contributed by atoms with Crippen molar-refractivity contribution in [1.82, 2.24) is 14.8 Å². The van der Waals surface area contributed by atoms with Crippen LogP contribution < -0.4 is 0 Å². The van der Waals surface area contributed by atoms with Crippen LogP contribution in [-0.2, 0) is 0 Å². The molecule has 1 aliphatic heterocycles. The fraction of sp³-hybridized carbons (Fsp3) is 0.333. The molecule has 1 saturated heterocycles. The second-order valence-electron chi connectivity index (χ2n) is 6.00. The van der Waals surface area contributed by atoms with Crippen LogP contribution in [0.4, 0.5) is 0 Å². The van der Waals surface area contributed by atoms with E-state index in [2.05, 4.69) is 4.98 Å². The van der Waals surface area contributed by atoms with Crippen LogP contribution in [0.2, 0.25) is 0 Å². The molecule has 1 aliphatic rings. The van der Waals surface area contributed by atoms with Crippen LogP contribution in [0.25, 0.3) is 0 Å². The molecule has 23 heavy (non-hydrogen) atoms. The minimum Gasteiger partial charge on any atom is -0.367 e. The van der Waals surface area contributed by atoms with Gasteiger partial charge in [0.2, 0.25) is 0 Å². The molecule has 1 fully saturated rings. The van der Waals surface area contributed by atoms with E-state index in [1.165, 1.54) is 0 Å². The Bertz CT molecular complexity index is 714. The van der Waals surface area contributed by atoms with Crippen LogP contribution in [0, 0.1) is 13.8 Å². The highest BCUT2D eigenvalue weighted by atomic mass is 16.2. The summed E-state index contributed by atoms with van der Waals surface area (Å²) in [7, 11) is 0. The van der Waals surface area contributed by atoms with Gasteiger partial charge in [0.1, 0.15) is 0 Å². The van der Waals surface area contributed by atoms with Crippen molar-refractivity contribution in [2.75, 3.05) is 26.2 Å². The molecular weight excluding hydrogens is 290 g/mol. The summed E-state index contributed by atoms with van der Waals surface area (Å²) < 4.78 is 0. The zero-order valence-corrected chi connectivity index (χ0v) is 13.5. The number of aromatic nitrogens is 1. The summed E-state index contributed by atoms with van der Waals surface area (Å²) in [5.74, 6) is 0.0741. The second kappa shape index (κ2) is 6.28. The first-order valence-corrected chi connectivity index (χ1v) is 7.85. The minimum absolute atomic E-state index is 0.0186. The number of carbonyl (C=O) groups is 2. The summed E-state index contributed by atoms with van der Waals surface area (Å²) in [6, 6.07) is 7.71. The molecule has 2 heterocycles. The van der Waals surface area contributed by atoms with Crippen molar-refractivity contribution in [1.29, 1.82) is 0 Å². The molecule has 5 nitrogen and oxygen atoms in total. The van der Waals surface area contributed by atoms with E-state index in [0.29, 0.717) is 31.7 Å². The molecular formula is C18H21N3O2. The summed E-state index contributed by atoms with van der Waals surface area (Å²) in [6.07, 6.45) is 3.45. The lowest BCUT2D eigenvalue weighted by molar-refractivity contribution is 0.0535. The highest BCUT2D eigenvalue weighted by Crippen LogP contribution is 2.16. The quantitative estimate of drug-likeness (QED) is 0.924. The van der Waals surface area contributed by atoms with Crippen LogP contribution in [-0.4, -0.2) is 52.8 Å². The monoisotopic (exact) mass is 311 g/mol. The Morgan fingerprint density at radius 3 is 2.22 bits per heavy atom. The van der Waals surface area contributed by atoms with E-state index < -0.39 is 0 Å². The third kappa shape index (κ3) is 3.13. The molecule has 120 valence electrons. The number of rotatable bonds is 2. The molecule has 0 bridgehead atoms. The Hall–Kier alpha value is -2.56. The zero-order chi connectivity index (χ0) is 16.4. The van der Waals surface area contributed by atoms with Crippen molar-refractivity contribution in [2.45, 2.75) is 13.8 Å². The van der Waals surface area contributed by atoms with Gasteiger partial charge in [0.25, 0.3) is 11.8 Å². The van der Waals surface area contributed by atoms with Crippen LogP contribution in [0.1, 0.15) is 31.8 Å². The van der Waals surface area contributed by atoms with Gasteiger partial charge in [-0.15, -0.1) is 0 Å². The normalized spacial score (nSPS) is 14.9. The SMILES string of the molecule is Cc1ccc(C)c(C(=O)N2CCN(C(=O)c3cc[nH]c3)CC2)c1. The fourth-order valence-electron chi connectivity index (χ4n) is 2.89. The molecule has 0 aliphatic carbocycles. The van der Waals surface area contributed by atoms with E-state index in [0.717, 1.165) is 16.7 Å². The molecule has 5 heteroatoms. The molecule has 0 spiro atoms. The number of piperazine rings is 1. The Kier molecular flexibility index (Phi) is 4.19. The van der Waals surface area contributed by atoms with Crippen molar-refractivity contribution in [3.63, 3.8) is 0 Å². The third-order valence-electron chi connectivity index (χ3n) is 4.32. The van der Waals surface area contributed by atoms with Crippen LogP contribution in [0.15, 0.2) is 36.7 Å². The number of H-pyrrole nitrogens is 1. The first-order valence-electron chi connectivity index (χ1n) is 7.85. The largest absolute Gasteiger partial charge is 0.367 e. The Morgan fingerprint density at radius 1 is 0.957 bits per heavy atom. The molecule has 0 atom stereocenters. The van der Waals surface area contributed by atoms with Crippen molar-refractivity contribution in [2.24, 2.45) is 0 Å². The van der Waals surface area contributed by atoms with Gasteiger partial charge < -0.3 is 14.8 Å². The van der Waals surface area contributed by atoms with Crippen LogP contribution >= 0.6 is 0 Å². The maximum Gasteiger partial charge on any atom is 0.255 e. The van der Waals surface area contributed by atoms with Crippen LogP contribution in [0.5, 0.6) is 0 Å². The van der Waals surface area contributed by atoms with Gasteiger partial charge in [-0.05, 0) is 31.5 Å². The Labute approximate surface area is 135 Å². The fourth-order valence-corrected chi connectivity index (χ4v) is 2.89. The lowest BCUT2D eigenvalue weighted by atomic mass is 10.0. The number of aryl methyl sites for hydroxylation is 2. The van der Waals surface area contributed by atoms with Gasteiger partial charge in [0, 0.05) is 44.1 Å². The summed E-state index contributed by atoms with van der Waals surface area (Å²) in [6.45, 7) is 6.23. The lowest BCUT2D eigenvalue weighted by Crippen LogP contribution is -2.50. The first kappa shape index (κ1) is 15.3. The van der Waals surface area contributed by atoms with E-state index in [4.69, 9.17) is 0 Å². The van der Waals surface area contributed by atoms with Crippen molar-refractivity contribution in [3.8, 4) is 0 Å². The number of hydrogen-bond acceptors (Lipinski definition) is 2. The van der Waals surface area contributed by atoms with Gasteiger partial charge in [-0.25, -0.2) is 0 Å². The average molecular weight is 311 g/mol. The summed E-state index contributed by atoms with van der Waals surface area (Å²) in [5, 5.41) is 0. The first-order chi connectivity index (χ1) is 11.1. The van der Waals surface area contributed by atoms with E-state index >= 15 is 0 Å². The summed E-state index contributed by atoms with van der Waals surface area (Å²) >= 11 is 0. The van der Waals surface area contributed by atoms with Crippen molar-refractivity contribution < 1.29 is 9.59 Å². The van der Waals surface area contributed by atoms with E-state index in [1.807, 2.05) is 36.9 Å². The highest BCUT2D eigenvalue weighted by Gasteiger charge is 2.26. The molecule has 2 amide bonds. The maximum absolute atomic E-state index is 12.7. The van der Waals surface area contributed by atoms with Gasteiger partial charge in [-0.3, -0.25) is 9.59 Å². The van der Waals surface area contributed by atoms with Crippen LogP contribution in [0.3, 0.4) is 0 Å². The molecule has 1 aromatic heterocycles. The Morgan fingerprint density at radius 2 is 1.61 bits per heavy atom. The smallest absolute Gasteiger partial charge is 0.255 e. The van der Waals surface area contributed by atoms with E-state index in [-0.39, 0.29) is 11.8 Å². The molecule has 3 rings (SSSR count). The molecule has 0 radical (unpaired) electrons. The Balaban J connectivity index is 1.66. The molecule has 0 saturated carbocycles. The van der Waals surface area contributed by atoms with Gasteiger partial charge >= 0.3 is 0 Å². The number of aromatic amines is 1. The summed E-state index contributed by atoms with van der Waals surface area (Å²) in [5.41, 5.74) is 3.50. The van der Waals surface area contributed by atoms with Crippen molar-refractivity contribution >= 4 is 11.8 Å². The van der Waals surface area contributed by atoms with Gasteiger partial charge in [-0.1, -0.05) is 17.7 Å². The predicted octanol–water partition coefficient (Wildman–Crippen LogP) is 2.23. The van der Waals surface area contributed by atoms with Gasteiger partial charge in [0.15, 0.2) is 0 Å². The van der Waals surface area contributed by atoms with E-state index in [9.17, 15) is 9.59 Å². The number of amides is 2. The van der Waals surface area contributed by atoms with Gasteiger partial charge in [-0.2, -0.15) is 0 Å². The molecule has 1 aromatic carbocycles. The minimum atomic E-state index is 0.0186. The third-order valence-corrected chi connectivity index (χ3v) is 4.32. The number of carbonyl (C=O) groups excluding carboxylic acids is 2. The molecule has 1 N–H and O–H groups in total. The standard InChI is InChI=1S/C18H21N3O2/c1-13-3-4-14(2)16(11-13)18(23)21-9-7-20(8-10-21)17(22)15-5-6-19-12-15/h3-6,11-12,19H,7-10H2,1-2H3. The van der Waals surface area contributed by atoms with E-state index in [1.54, 1.807) is 23.4 Å². The maximum atomic E-state index is 12.7. The number of hydrogen-bond donors (Lipinski definition) is 1. The molecule has 2 aromatic rings. The lowest BCUT2D eigenvalue weighted by Gasteiger charge is -2.35. The number of nitrogens with zero attached hydrogens (tertiary/aromatic N) is 2. The average Bonchev–Trinajstić information content (AvgIpc) is 3.10. The zero-order valence-electron chi connectivity index (χ0n) is 13.5. The predicted molar refractivity (Wildman–Crippen MR) is 88.5 cm³/mol.